The smallest absolute Gasteiger partial charge is 0.264 e. The summed E-state index contributed by atoms with van der Waals surface area (Å²) in [6, 6.07) is 23.4. The summed E-state index contributed by atoms with van der Waals surface area (Å²) < 4.78 is 67.2. The van der Waals surface area contributed by atoms with Gasteiger partial charge in [0.2, 0.25) is 5.91 Å². The van der Waals surface area contributed by atoms with E-state index in [4.69, 9.17) is 9.47 Å². The maximum absolute atomic E-state index is 13.8. The molecule has 42 heavy (non-hydrogen) atoms. The number of hydrogen-bond donors (Lipinski definition) is 2. The molecule has 0 spiro atoms. The monoisotopic (exact) mass is 609 g/mol. The third-order valence-corrected chi connectivity index (χ3v) is 9.44. The lowest BCUT2D eigenvalue weighted by Crippen LogP contribution is -2.38. The van der Waals surface area contributed by atoms with Gasteiger partial charge in [-0.05, 0) is 80.1 Å². The van der Waals surface area contributed by atoms with Gasteiger partial charge in [0.25, 0.3) is 20.0 Å². The average Bonchev–Trinajstić information content (AvgIpc) is 2.96. The van der Waals surface area contributed by atoms with Crippen molar-refractivity contribution in [2.24, 2.45) is 0 Å². The second-order valence-electron chi connectivity index (χ2n) is 9.41. The molecule has 0 aliphatic heterocycles. The van der Waals surface area contributed by atoms with Gasteiger partial charge in [-0.25, -0.2) is 16.8 Å². The van der Waals surface area contributed by atoms with Gasteiger partial charge in [0.1, 0.15) is 6.54 Å². The highest BCUT2D eigenvalue weighted by molar-refractivity contribution is 7.93. The number of benzene rings is 4. The number of nitrogens with zero attached hydrogens (tertiary/aromatic N) is 1. The summed E-state index contributed by atoms with van der Waals surface area (Å²) in [5.74, 6) is -0.0532. The Kier molecular flexibility index (Phi) is 9.08. The molecule has 0 heterocycles. The molecule has 0 aromatic heterocycles. The van der Waals surface area contributed by atoms with E-state index in [1.165, 1.54) is 56.7 Å². The molecule has 0 bridgehead atoms. The molecular formula is C30H31N3O7S2. The quantitative estimate of drug-likeness (QED) is 0.246. The van der Waals surface area contributed by atoms with Crippen LogP contribution < -0.4 is 23.8 Å². The van der Waals surface area contributed by atoms with Gasteiger partial charge in [-0.2, -0.15) is 0 Å². The molecule has 0 unspecified atom stereocenters. The van der Waals surface area contributed by atoms with Crippen molar-refractivity contribution in [1.29, 1.82) is 0 Å². The van der Waals surface area contributed by atoms with Gasteiger partial charge in [-0.3, -0.25) is 13.8 Å². The molecule has 0 atom stereocenters. The van der Waals surface area contributed by atoms with Gasteiger partial charge in [-0.1, -0.05) is 29.8 Å². The van der Waals surface area contributed by atoms with Crippen LogP contribution in [0.1, 0.15) is 11.1 Å². The number of ether oxygens (including phenoxy) is 2. The average molecular weight is 610 g/mol. The van der Waals surface area contributed by atoms with Gasteiger partial charge < -0.3 is 14.8 Å². The van der Waals surface area contributed by atoms with E-state index in [-0.39, 0.29) is 21.2 Å². The Morgan fingerprint density at radius 3 is 1.98 bits per heavy atom. The maximum Gasteiger partial charge on any atom is 0.264 e. The second kappa shape index (κ2) is 12.5. The zero-order valence-corrected chi connectivity index (χ0v) is 25.1. The first-order chi connectivity index (χ1) is 19.9. The number of carbonyl (C=O) groups excluding carboxylic acids is 1. The molecule has 0 radical (unpaired) electrons. The molecule has 0 aliphatic carbocycles. The largest absolute Gasteiger partial charge is 0.493 e. The highest BCUT2D eigenvalue weighted by Gasteiger charge is 2.28. The highest BCUT2D eigenvalue weighted by atomic mass is 32.2. The van der Waals surface area contributed by atoms with Gasteiger partial charge in [0, 0.05) is 17.4 Å². The van der Waals surface area contributed by atoms with Crippen LogP contribution >= 0.6 is 0 Å². The van der Waals surface area contributed by atoms with Crippen molar-refractivity contribution in [2.75, 3.05) is 35.1 Å². The number of anilines is 3. The van der Waals surface area contributed by atoms with Crippen LogP contribution in [0.3, 0.4) is 0 Å². The Bertz CT molecular complexity index is 1790. The molecule has 4 aromatic rings. The Hall–Kier alpha value is -4.55. The maximum atomic E-state index is 13.8. The summed E-state index contributed by atoms with van der Waals surface area (Å²) in [7, 11) is -5.25. The van der Waals surface area contributed by atoms with E-state index in [0.717, 1.165) is 15.4 Å². The van der Waals surface area contributed by atoms with Crippen LogP contribution in [-0.2, 0) is 24.8 Å². The summed E-state index contributed by atoms with van der Waals surface area (Å²) in [4.78, 5) is 13.0. The third-order valence-electron chi connectivity index (χ3n) is 6.27. The van der Waals surface area contributed by atoms with E-state index >= 15 is 0 Å². The van der Waals surface area contributed by atoms with Crippen molar-refractivity contribution < 1.29 is 31.1 Å². The van der Waals surface area contributed by atoms with Gasteiger partial charge in [0.05, 0.1) is 29.7 Å². The van der Waals surface area contributed by atoms with E-state index < -0.39 is 32.5 Å². The van der Waals surface area contributed by atoms with E-state index in [1.54, 1.807) is 42.5 Å². The minimum Gasteiger partial charge on any atom is -0.493 e. The van der Waals surface area contributed by atoms with Crippen molar-refractivity contribution >= 4 is 43.0 Å². The molecule has 0 aliphatic rings. The van der Waals surface area contributed by atoms with Crippen LogP contribution in [0.5, 0.6) is 11.5 Å². The molecule has 2 N–H and O–H groups in total. The standard InChI is InChI=1S/C30H31N3O7S2/c1-21-8-12-25(13-9-21)33(42(37,38)27-16-17-28(39-3)29(19-27)40-4)20-30(34)31-23-10-14-26(15-11-23)41(35,36)32-24-7-5-6-22(2)18-24/h5-19,32H,20H2,1-4H3,(H,31,34). The van der Waals surface area contributed by atoms with Crippen LogP contribution in [0.25, 0.3) is 0 Å². The fourth-order valence-electron chi connectivity index (χ4n) is 4.10. The van der Waals surface area contributed by atoms with Crippen LogP contribution in [0.4, 0.5) is 17.1 Å². The Morgan fingerprint density at radius 2 is 1.36 bits per heavy atom. The fraction of sp³-hybridized carbons (Fsp3) is 0.167. The summed E-state index contributed by atoms with van der Waals surface area (Å²) in [6.07, 6.45) is 0. The van der Waals surface area contributed by atoms with E-state index in [9.17, 15) is 21.6 Å². The molecule has 10 nitrogen and oxygen atoms in total. The molecule has 0 fully saturated rings. The molecule has 1 amide bonds. The topological polar surface area (TPSA) is 131 Å². The summed E-state index contributed by atoms with van der Waals surface area (Å²) in [5.41, 5.74) is 2.83. The molecule has 4 aromatic carbocycles. The zero-order chi connectivity index (χ0) is 30.5. The van der Waals surface area contributed by atoms with Crippen molar-refractivity contribution in [2.45, 2.75) is 23.6 Å². The number of methoxy groups -OCH3 is 2. The number of sulfonamides is 2. The first-order valence-electron chi connectivity index (χ1n) is 12.7. The number of hydrogen-bond acceptors (Lipinski definition) is 7. The molecule has 4 rings (SSSR count). The Balaban J connectivity index is 1.56. The predicted molar refractivity (Wildman–Crippen MR) is 162 cm³/mol. The minimum atomic E-state index is -4.22. The van der Waals surface area contributed by atoms with Crippen molar-refractivity contribution in [3.8, 4) is 11.5 Å². The Morgan fingerprint density at radius 1 is 0.714 bits per heavy atom. The summed E-state index contributed by atoms with van der Waals surface area (Å²) >= 11 is 0. The van der Waals surface area contributed by atoms with E-state index in [2.05, 4.69) is 10.0 Å². The lowest BCUT2D eigenvalue weighted by Gasteiger charge is -2.24. The van der Waals surface area contributed by atoms with Gasteiger partial charge >= 0.3 is 0 Å². The molecular weight excluding hydrogens is 578 g/mol. The minimum absolute atomic E-state index is 0.000632. The number of aryl methyl sites for hydroxylation is 2. The number of rotatable bonds is 11. The zero-order valence-electron chi connectivity index (χ0n) is 23.5. The van der Waals surface area contributed by atoms with Crippen molar-refractivity contribution in [1.82, 2.24) is 0 Å². The SMILES string of the molecule is COc1ccc(S(=O)(=O)N(CC(=O)Nc2ccc(S(=O)(=O)Nc3cccc(C)c3)cc2)c2ccc(C)cc2)cc1OC. The van der Waals surface area contributed by atoms with E-state index in [0.29, 0.717) is 17.1 Å². The molecule has 220 valence electrons. The predicted octanol–water partition coefficient (Wildman–Crippen LogP) is 4.96. The van der Waals surface area contributed by atoms with Crippen LogP contribution in [0, 0.1) is 13.8 Å². The first kappa shape index (κ1) is 30.4. The number of nitrogens with one attached hydrogen (secondary N) is 2. The van der Waals surface area contributed by atoms with Crippen LogP contribution in [-0.4, -0.2) is 43.5 Å². The summed E-state index contributed by atoms with van der Waals surface area (Å²) in [6.45, 7) is 3.17. The summed E-state index contributed by atoms with van der Waals surface area (Å²) in [5, 5.41) is 2.65. The third kappa shape index (κ3) is 7.01. The van der Waals surface area contributed by atoms with Gasteiger partial charge in [-0.15, -0.1) is 0 Å². The highest BCUT2D eigenvalue weighted by Crippen LogP contribution is 2.32. The number of carbonyl (C=O) groups is 1. The fourth-order valence-corrected chi connectivity index (χ4v) is 6.59. The molecule has 0 saturated heterocycles. The lowest BCUT2D eigenvalue weighted by atomic mass is 10.2. The normalized spacial score (nSPS) is 11.4. The molecule has 0 saturated carbocycles. The first-order valence-corrected chi connectivity index (χ1v) is 15.7. The second-order valence-corrected chi connectivity index (χ2v) is 13.0. The van der Waals surface area contributed by atoms with Gasteiger partial charge in [0.15, 0.2) is 11.5 Å². The van der Waals surface area contributed by atoms with Crippen LogP contribution in [0.2, 0.25) is 0 Å². The lowest BCUT2D eigenvalue weighted by molar-refractivity contribution is -0.114. The van der Waals surface area contributed by atoms with Crippen molar-refractivity contribution in [3.05, 3.63) is 102 Å². The van der Waals surface area contributed by atoms with Crippen LogP contribution in [0.15, 0.2) is 101 Å². The Labute approximate surface area is 246 Å². The number of amides is 1. The van der Waals surface area contributed by atoms with Crippen molar-refractivity contribution in [3.63, 3.8) is 0 Å². The molecule has 12 heteroatoms. The van der Waals surface area contributed by atoms with E-state index in [1.807, 2.05) is 19.9 Å².